The molecular weight excluding hydrogens is 517 g/mol. The summed E-state index contributed by atoms with van der Waals surface area (Å²) in [7, 11) is 1.58. The highest BCUT2D eigenvalue weighted by Crippen LogP contribution is 2.37. The Kier molecular flexibility index (Phi) is 7.05. The molecule has 0 aliphatic carbocycles. The van der Waals surface area contributed by atoms with Crippen LogP contribution < -0.4 is 18.9 Å². The van der Waals surface area contributed by atoms with Crippen molar-refractivity contribution in [2.75, 3.05) is 13.9 Å². The number of carboxylic acids is 1. The van der Waals surface area contributed by atoms with Crippen molar-refractivity contribution >= 4 is 5.97 Å². The van der Waals surface area contributed by atoms with Crippen LogP contribution in [0.4, 0.5) is 13.2 Å². The standard InChI is InChI=1S/C28H23F3N2O6/c1-36-21-8-5-17(6-9-21)15-33-24(19-7-10-25-26(12-19)38-16-37-25)14-20(32-33)13-23(27(34)35)18-3-2-4-22(11-18)39-28(29,30)31/h2-12,14,23H,13,15-16H2,1H3,(H,34,35). The van der Waals surface area contributed by atoms with Crippen LogP contribution in [0.25, 0.3) is 11.3 Å². The molecule has 39 heavy (non-hydrogen) atoms. The number of alkyl halides is 3. The van der Waals surface area contributed by atoms with Gasteiger partial charge in [-0.1, -0.05) is 24.3 Å². The first-order valence-electron chi connectivity index (χ1n) is 11.9. The molecule has 11 heteroatoms. The monoisotopic (exact) mass is 540 g/mol. The van der Waals surface area contributed by atoms with Crippen LogP contribution in [0.1, 0.15) is 22.7 Å². The van der Waals surface area contributed by atoms with Gasteiger partial charge in [0.25, 0.3) is 0 Å². The normalized spacial score (nSPS) is 13.2. The Morgan fingerprint density at radius 1 is 1.03 bits per heavy atom. The van der Waals surface area contributed by atoms with Crippen molar-refractivity contribution in [2.45, 2.75) is 25.2 Å². The van der Waals surface area contributed by atoms with Gasteiger partial charge in [0.05, 0.1) is 31.0 Å². The van der Waals surface area contributed by atoms with Crippen molar-refractivity contribution in [3.63, 3.8) is 0 Å². The minimum Gasteiger partial charge on any atom is -0.497 e. The van der Waals surface area contributed by atoms with Gasteiger partial charge in [-0.05, 0) is 59.7 Å². The maximum atomic E-state index is 12.7. The lowest BCUT2D eigenvalue weighted by Gasteiger charge is -2.14. The summed E-state index contributed by atoms with van der Waals surface area (Å²) in [5.41, 5.74) is 3.03. The minimum absolute atomic E-state index is 0.0576. The minimum atomic E-state index is -4.89. The second-order valence-electron chi connectivity index (χ2n) is 8.81. The fourth-order valence-corrected chi connectivity index (χ4v) is 4.37. The molecule has 1 unspecified atom stereocenters. The molecule has 3 aromatic carbocycles. The molecule has 1 aliphatic heterocycles. The van der Waals surface area contributed by atoms with Crippen LogP contribution in [0.5, 0.6) is 23.0 Å². The van der Waals surface area contributed by atoms with Gasteiger partial charge in [-0.2, -0.15) is 5.10 Å². The molecule has 5 rings (SSSR count). The fraction of sp³-hybridized carbons (Fsp3) is 0.214. The number of hydrogen-bond acceptors (Lipinski definition) is 6. The highest BCUT2D eigenvalue weighted by molar-refractivity contribution is 5.77. The van der Waals surface area contributed by atoms with Gasteiger partial charge in [-0.3, -0.25) is 9.48 Å². The lowest BCUT2D eigenvalue weighted by molar-refractivity contribution is -0.274. The van der Waals surface area contributed by atoms with Crippen LogP contribution in [0, 0.1) is 0 Å². The van der Waals surface area contributed by atoms with Crippen LogP contribution in [-0.4, -0.2) is 41.1 Å². The first kappa shape index (κ1) is 26.0. The zero-order chi connectivity index (χ0) is 27.6. The Hall–Kier alpha value is -4.67. The zero-order valence-corrected chi connectivity index (χ0v) is 20.6. The first-order valence-corrected chi connectivity index (χ1v) is 11.9. The lowest BCUT2D eigenvalue weighted by atomic mass is 9.94. The number of carbonyl (C=O) groups is 1. The van der Waals surface area contributed by atoms with Crippen LogP contribution in [0.3, 0.4) is 0 Å². The highest BCUT2D eigenvalue weighted by Gasteiger charge is 2.32. The van der Waals surface area contributed by atoms with Gasteiger partial charge >= 0.3 is 12.3 Å². The van der Waals surface area contributed by atoms with Gasteiger partial charge in [0.15, 0.2) is 11.5 Å². The Balaban J connectivity index is 1.49. The van der Waals surface area contributed by atoms with Crippen molar-refractivity contribution < 1.29 is 42.0 Å². The van der Waals surface area contributed by atoms with Gasteiger partial charge in [-0.15, -0.1) is 13.2 Å². The Bertz CT molecular complexity index is 1480. The molecule has 0 spiro atoms. The third-order valence-corrected chi connectivity index (χ3v) is 6.20. The summed E-state index contributed by atoms with van der Waals surface area (Å²) in [4.78, 5) is 12.2. The molecule has 0 bridgehead atoms. The number of halogens is 3. The van der Waals surface area contributed by atoms with Gasteiger partial charge in [-0.25, -0.2) is 0 Å². The molecule has 202 valence electrons. The second-order valence-corrected chi connectivity index (χ2v) is 8.81. The van der Waals surface area contributed by atoms with E-state index in [9.17, 15) is 23.1 Å². The second kappa shape index (κ2) is 10.6. The molecule has 1 atom stereocenters. The summed E-state index contributed by atoms with van der Waals surface area (Å²) in [6.07, 6.45) is -4.95. The number of benzene rings is 3. The summed E-state index contributed by atoms with van der Waals surface area (Å²) >= 11 is 0. The number of carboxylic acid groups (broad SMARTS) is 1. The smallest absolute Gasteiger partial charge is 0.497 e. The lowest BCUT2D eigenvalue weighted by Crippen LogP contribution is -2.18. The highest BCUT2D eigenvalue weighted by atomic mass is 19.4. The van der Waals surface area contributed by atoms with E-state index in [2.05, 4.69) is 9.84 Å². The number of fused-ring (bicyclic) bond motifs is 1. The van der Waals surface area contributed by atoms with E-state index in [1.54, 1.807) is 23.9 Å². The number of methoxy groups -OCH3 is 1. The maximum absolute atomic E-state index is 12.7. The van der Waals surface area contributed by atoms with E-state index < -0.39 is 24.0 Å². The predicted molar refractivity (Wildman–Crippen MR) is 133 cm³/mol. The molecule has 1 aromatic heterocycles. The molecule has 0 radical (unpaired) electrons. The molecule has 0 fully saturated rings. The largest absolute Gasteiger partial charge is 0.573 e. The van der Waals surface area contributed by atoms with Gasteiger partial charge in [0.2, 0.25) is 6.79 Å². The molecule has 0 amide bonds. The quantitative estimate of drug-likeness (QED) is 0.294. The summed E-state index contributed by atoms with van der Waals surface area (Å²) in [6.45, 7) is 0.493. The summed E-state index contributed by atoms with van der Waals surface area (Å²) in [5, 5.41) is 14.6. The number of ether oxygens (including phenoxy) is 4. The average molecular weight is 540 g/mol. The number of hydrogen-bond donors (Lipinski definition) is 1. The fourth-order valence-electron chi connectivity index (χ4n) is 4.37. The number of rotatable bonds is 9. The zero-order valence-electron chi connectivity index (χ0n) is 20.6. The van der Waals surface area contributed by atoms with Crippen LogP contribution in [-0.2, 0) is 17.8 Å². The van der Waals surface area contributed by atoms with Crippen LogP contribution >= 0.6 is 0 Å². The first-order chi connectivity index (χ1) is 18.7. The summed E-state index contributed by atoms with van der Waals surface area (Å²) < 4.78 is 60.0. The molecule has 4 aromatic rings. The Labute approximate surface area is 221 Å². The van der Waals surface area contributed by atoms with Crippen LogP contribution in [0.2, 0.25) is 0 Å². The van der Waals surface area contributed by atoms with Gasteiger partial charge in [0, 0.05) is 12.0 Å². The molecule has 0 saturated carbocycles. The third kappa shape index (κ3) is 6.08. The molecule has 2 heterocycles. The molecule has 8 nitrogen and oxygen atoms in total. The molecule has 1 aliphatic rings. The molecular formula is C28H23F3N2O6. The average Bonchev–Trinajstić information content (AvgIpc) is 3.53. The summed E-state index contributed by atoms with van der Waals surface area (Å²) in [6, 6.07) is 19.7. The topological polar surface area (TPSA) is 92.0 Å². The molecule has 0 saturated heterocycles. The van der Waals surface area contributed by atoms with Crippen molar-refractivity contribution in [1.82, 2.24) is 9.78 Å². The SMILES string of the molecule is COc1ccc(Cn2nc(CC(C(=O)O)c3cccc(OC(F)(F)F)c3)cc2-c2ccc3c(c2)OCO3)cc1. The molecule has 1 N–H and O–H groups in total. The van der Waals surface area contributed by atoms with Gasteiger partial charge < -0.3 is 24.1 Å². The van der Waals surface area contributed by atoms with Crippen LogP contribution in [0.15, 0.2) is 72.8 Å². The van der Waals surface area contributed by atoms with Crippen molar-refractivity contribution in [3.05, 3.63) is 89.6 Å². The van der Waals surface area contributed by atoms with Crippen molar-refractivity contribution in [3.8, 4) is 34.3 Å². The predicted octanol–water partition coefficient (Wildman–Crippen LogP) is 5.65. The maximum Gasteiger partial charge on any atom is 0.573 e. The number of aromatic nitrogens is 2. The third-order valence-electron chi connectivity index (χ3n) is 6.20. The van der Waals surface area contributed by atoms with E-state index in [1.165, 1.54) is 12.1 Å². The van der Waals surface area contributed by atoms with E-state index in [1.807, 2.05) is 36.4 Å². The van der Waals surface area contributed by atoms with E-state index in [0.717, 1.165) is 23.3 Å². The van der Waals surface area contributed by atoms with Gasteiger partial charge in [0.1, 0.15) is 11.5 Å². The van der Waals surface area contributed by atoms with Crippen molar-refractivity contribution in [1.29, 1.82) is 0 Å². The number of nitrogens with zero attached hydrogens (tertiary/aromatic N) is 2. The van der Waals surface area contributed by atoms with E-state index in [0.29, 0.717) is 35.2 Å². The summed E-state index contributed by atoms with van der Waals surface area (Å²) in [5.74, 6) is -0.943. The Morgan fingerprint density at radius 2 is 1.79 bits per heavy atom. The van der Waals surface area contributed by atoms with E-state index in [-0.39, 0.29) is 18.8 Å². The van der Waals surface area contributed by atoms with Crippen molar-refractivity contribution in [2.24, 2.45) is 0 Å². The van der Waals surface area contributed by atoms with E-state index >= 15 is 0 Å². The number of aliphatic carboxylic acids is 1. The van der Waals surface area contributed by atoms with E-state index in [4.69, 9.17) is 14.2 Å². The Morgan fingerprint density at radius 3 is 2.51 bits per heavy atom.